The molecule has 0 radical (unpaired) electrons. The quantitative estimate of drug-likeness (QED) is 0.794. The lowest BCUT2D eigenvalue weighted by molar-refractivity contribution is 0.0813. The zero-order valence-corrected chi connectivity index (χ0v) is 11.6. The molecule has 0 aromatic carbocycles. The maximum atomic E-state index is 5.78. The minimum absolute atomic E-state index is 0.464. The van der Waals surface area contributed by atoms with E-state index in [9.17, 15) is 0 Å². The molecule has 2 fully saturated rings. The fourth-order valence-corrected chi connectivity index (χ4v) is 3.69. The molecule has 1 heterocycles. The Hall–Kier alpha value is -0.0800. The van der Waals surface area contributed by atoms with Gasteiger partial charge < -0.3 is 10.1 Å². The highest BCUT2D eigenvalue weighted by molar-refractivity contribution is 4.90. The molecule has 2 rings (SSSR count). The molecule has 1 aliphatic heterocycles. The first kappa shape index (κ1) is 13.4. The molecule has 0 aromatic rings. The van der Waals surface area contributed by atoms with Crippen molar-refractivity contribution < 1.29 is 4.74 Å². The predicted octanol–water partition coefficient (Wildman–Crippen LogP) is 3.36. The zero-order valence-electron chi connectivity index (χ0n) is 11.6. The normalized spacial score (nSPS) is 32.8. The third kappa shape index (κ3) is 3.45. The Morgan fingerprint density at radius 2 is 1.94 bits per heavy atom. The van der Waals surface area contributed by atoms with Crippen LogP contribution in [0.3, 0.4) is 0 Å². The van der Waals surface area contributed by atoms with Gasteiger partial charge in [0.05, 0.1) is 6.10 Å². The van der Waals surface area contributed by atoms with Crippen LogP contribution in [0, 0.1) is 11.8 Å². The van der Waals surface area contributed by atoms with Crippen molar-refractivity contribution in [3.63, 3.8) is 0 Å². The molecule has 1 N–H and O–H groups in total. The van der Waals surface area contributed by atoms with E-state index >= 15 is 0 Å². The van der Waals surface area contributed by atoms with E-state index in [0.717, 1.165) is 18.4 Å². The SMILES string of the molecule is CCCNC(C1CCCCC1)C1CCOC1C. The molecule has 100 valence electrons. The summed E-state index contributed by atoms with van der Waals surface area (Å²) in [5.41, 5.74) is 0. The Morgan fingerprint density at radius 3 is 2.53 bits per heavy atom. The largest absolute Gasteiger partial charge is 0.378 e. The molecule has 0 bridgehead atoms. The van der Waals surface area contributed by atoms with Gasteiger partial charge >= 0.3 is 0 Å². The number of hydrogen-bond acceptors (Lipinski definition) is 2. The smallest absolute Gasteiger partial charge is 0.0590 e. The van der Waals surface area contributed by atoms with Crippen molar-refractivity contribution in [2.24, 2.45) is 11.8 Å². The summed E-state index contributed by atoms with van der Waals surface area (Å²) in [6, 6.07) is 0.716. The summed E-state index contributed by atoms with van der Waals surface area (Å²) in [5, 5.41) is 3.83. The highest BCUT2D eigenvalue weighted by Gasteiger charge is 2.36. The van der Waals surface area contributed by atoms with Crippen LogP contribution in [0.1, 0.15) is 58.8 Å². The van der Waals surface area contributed by atoms with Crippen molar-refractivity contribution in [2.45, 2.75) is 70.9 Å². The average Bonchev–Trinajstić information content (AvgIpc) is 2.78. The number of hydrogen-bond donors (Lipinski definition) is 1. The van der Waals surface area contributed by atoms with E-state index in [2.05, 4.69) is 19.2 Å². The van der Waals surface area contributed by atoms with Gasteiger partial charge in [-0.1, -0.05) is 26.2 Å². The van der Waals surface area contributed by atoms with E-state index in [1.807, 2.05) is 0 Å². The van der Waals surface area contributed by atoms with Gasteiger partial charge in [-0.15, -0.1) is 0 Å². The third-order valence-electron chi connectivity index (χ3n) is 4.68. The Morgan fingerprint density at radius 1 is 1.18 bits per heavy atom. The topological polar surface area (TPSA) is 21.3 Å². The van der Waals surface area contributed by atoms with Crippen molar-refractivity contribution >= 4 is 0 Å². The molecule has 17 heavy (non-hydrogen) atoms. The van der Waals surface area contributed by atoms with Crippen LogP contribution < -0.4 is 5.32 Å². The van der Waals surface area contributed by atoms with E-state index in [4.69, 9.17) is 4.74 Å². The Bertz CT molecular complexity index is 213. The van der Waals surface area contributed by atoms with Crippen molar-refractivity contribution in [2.75, 3.05) is 13.2 Å². The first-order chi connectivity index (χ1) is 8.33. The Balaban J connectivity index is 1.95. The van der Waals surface area contributed by atoms with Crippen molar-refractivity contribution in [3.8, 4) is 0 Å². The molecule has 1 saturated heterocycles. The van der Waals surface area contributed by atoms with Gasteiger partial charge in [0.2, 0.25) is 0 Å². The molecule has 2 aliphatic rings. The number of ether oxygens (including phenoxy) is 1. The second kappa shape index (κ2) is 6.75. The number of nitrogens with one attached hydrogen (secondary N) is 1. The van der Waals surface area contributed by atoms with Crippen LogP contribution in [-0.2, 0) is 4.74 Å². The molecule has 0 aromatic heterocycles. The first-order valence-corrected chi connectivity index (χ1v) is 7.68. The molecule has 2 heteroatoms. The fourth-order valence-electron chi connectivity index (χ4n) is 3.69. The summed E-state index contributed by atoms with van der Waals surface area (Å²) in [6.45, 7) is 6.67. The average molecular weight is 239 g/mol. The minimum atomic E-state index is 0.464. The van der Waals surface area contributed by atoms with Gasteiger partial charge in [0, 0.05) is 18.6 Å². The molecule has 3 unspecified atom stereocenters. The van der Waals surface area contributed by atoms with Gasteiger partial charge in [-0.25, -0.2) is 0 Å². The third-order valence-corrected chi connectivity index (χ3v) is 4.68. The van der Waals surface area contributed by atoms with Crippen molar-refractivity contribution in [3.05, 3.63) is 0 Å². The van der Waals surface area contributed by atoms with Gasteiger partial charge in [0.15, 0.2) is 0 Å². The minimum Gasteiger partial charge on any atom is -0.378 e. The highest BCUT2D eigenvalue weighted by Crippen LogP contribution is 2.34. The standard InChI is InChI=1S/C15H29NO/c1-3-10-16-15(13-7-5-4-6-8-13)14-9-11-17-12(14)2/h12-16H,3-11H2,1-2H3. The summed E-state index contributed by atoms with van der Waals surface area (Å²) in [6.07, 6.45) is 10.2. The lowest BCUT2D eigenvalue weighted by Crippen LogP contribution is -2.45. The zero-order chi connectivity index (χ0) is 12.1. The van der Waals surface area contributed by atoms with Crippen LogP contribution in [-0.4, -0.2) is 25.3 Å². The van der Waals surface area contributed by atoms with Crippen molar-refractivity contribution in [1.29, 1.82) is 0 Å². The lowest BCUT2D eigenvalue weighted by atomic mass is 9.76. The summed E-state index contributed by atoms with van der Waals surface area (Å²) >= 11 is 0. The summed E-state index contributed by atoms with van der Waals surface area (Å²) < 4.78 is 5.78. The van der Waals surface area contributed by atoms with E-state index in [1.54, 1.807) is 0 Å². The van der Waals surface area contributed by atoms with E-state index < -0.39 is 0 Å². The van der Waals surface area contributed by atoms with Crippen LogP contribution in [0.2, 0.25) is 0 Å². The molecule has 0 spiro atoms. The predicted molar refractivity (Wildman–Crippen MR) is 72.2 cm³/mol. The van der Waals surface area contributed by atoms with Crippen LogP contribution in [0.15, 0.2) is 0 Å². The number of rotatable bonds is 5. The van der Waals surface area contributed by atoms with Gasteiger partial charge in [-0.3, -0.25) is 0 Å². The summed E-state index contributed by atoms with van der Waals surface area (Å²) in [4.78, 5) is 0. The monoisotopic (exact) mass is 239 g/mol. The summed E-state index contributed by atoms with van der Waals surface area (Å²) in [7, 11) is 0. The molecule has 1 aliphatic carbocycles. The summed E-state index contributed by atoms with van der Waals surface area (Å²) in [5.74, 6) is 1.66. The molecular weight excluding hydrogens is 210 g/mol. The van der Waals surface area contributed by atoms with Crippen LogP contribution in [0.4, 0.5) is 0 Å². The first-order valence-electron chi connectivity index (χ1n) is 7.68. The van der Waals surface area contributed by atoms with Crippen LogP contribution in [0.5, 0.6) is 0 Å². The second-order valence-electron chi connectivity index (χ2n) is 5.91. The molecule has 2 nitrogen and oxygen atoms in total. The van der Waals surface area contributed by atoms with Gasteiger partial charge in [-0.05, 0) is 45.1 Å². The van der Waals surface area contributed by atoms with Gasteiger partial charge in [-0.2, -0.15) is 0 Å². The van der Waals surface area contributed by atoms with Gasteiger partial charge in [0.25, 0.3) is 0 Å². The maximum absolute atomic E-state index is 5.78. The van der Waals surface area contributed by atoms with E-state index in [0.29, 0.717) is 12.1 Å². The van der Waals surface area contributed by atoms with Crippen molar-refractivity contribution in [1.82, 2.24) is 5.32 Å². The van der Waals surface area contributed by atoms with Crippen LogP contribution >= 0.6 is 0 Å². The maximum Gasteiger partial charge on any atom is 0.0590 e. The Labute approximate surface area is 107 Å². The molecule has 3 atom stereocenters. The van der Waals surface area contributed by atoms with Crippen LogP contribution in [0.25, 0.3) is 0 Å². The molecule has 0 amide bonds. The van der Waals surface area contributed by atoms with E-state index in [-0.39, 0.29) is 0 Å². The molecule has 1 saturated carbocycles. The van der Waals surface area contributed by atoms with Gasteiger partial charge in [0.1, 0.15) is 0 Å². The fraction of sp³-hybridized carbons (Fsp3) is 1.00. The highest BCUT2D eigenvalue weighted by atomic mass is 16.5. The Kier molecular flexibility index (Phi) is 5.30. The lowest BCUT2D eigenvalue weighted by Gasteiger charge is -2.36. The molecular formula is C15H29NO. The second-order valence-corrected chi connectivity index (χ2v) is 5.91. The van der Waals surface area contributed by atoms with E-state index in [1.165, 1.54) is 51.5 Å².